The highest BCUT2D eigenvalue weighted by molar-refractivity contribution is 5.79. The predicted octanol–water partition coefficient (Wildman–Crippen LogP) is 2.36. The molecule has 2 aliphatic carbocycles. The van der Waals surface area contributed by atoms with Gasteiger partial charge in [0, 0.05) is 31.3 Å². The lowest BCUT2D eigenvalue weighted by atomic mass is 9.83. The van der Waals surface area contributed by atoms with Crippen LogP contribution < -0.4 is 15.4 Å². The average Bonchev–Trinajstić information content (AvgIpc) is 3.16. The van der Waals surface area contributed by atoms with Gasteiger partial charge in [-0.3, -0.25) is 4.79 Å². The van der Waals surface area contributed by atoms with E-state index in [1.807, 2.05) is 0 Å². The molecule has 0 bridgehead atoms. The van der Waals surface area contributed by atoms with Gasteiger partial charge in [0.25, 0.3) is 0 Å². The molecule has 1 saturated carbocycles. The lowest BCUT2D eigenvalue weighted by Crippen LogP contribution is -2.47. The zero-order valence-corrected chi connectivity index (χ0v) is 16.9. The topological polar surface area (TPSA) is 85.4 Å². The number of hydrogen-bond donors (Lipinski definition) is 2. The van der Waals surface area contributed by atoms with Crippen LogP contribution in [0.2, 0.25) is 0 Å². The van der Waals surface area contributed by atoms with E-state index < -0.39 is 0 Å². The van der Waals surface area contributed by atoms with Crippen LogP contribution in [0.25, 0.3) is 0 Å². The van der Waals surface area contributed by atoms with E-state index in [1.165, 1.54) is 11.1 Å². The van der Waals surface area contributed by atoms with Crippen LogP contribution in [-0.2, 0) is 22.4 Å². The second kappa shape index (κ2) is 8.78. The summed E-state index contributed by atoms with van der Waals surface area (Å²) in [6.07, 6.45) is 5.82. The molecule has 1 aromatic carbocycles. The summed E-state index contributed by atoms with van der Waals surface area (Å²) < 4.78 is 10.8. The van der Waals surface area contributed by atoms with Crippen molar-refractivity contribution in [1.82, 2.24) is 15.3 Å². The molecule has 154 valence electrons. The van der Waals surface area contributed by atoms with Gasteiger partial charge < -0.3 is 20.1 Å². The first kappa shape index (κ1) is 19.6. The van der Waals surface area contributed by atoms with Crippen molar-refractivity contribution in [3.05, 3.63) is 47.7 Å². The maximum absolute atomic E-state index is 13.0. The maximum Gasteiger partial charge on any atom is 0.226 e. The minimum atomic E-state index is -0.0479. The van der Waals surface area contributed by atoms with Gasteiger partial charge in [0.15, 0.2) is 0 Å². The van der Waals surface area contributed by atoms with Gasteiger partial charge in [0.1, 0.15) is 0 Å². The fourth-order valence-electron chi connectivity index (χ4n) is 4.49. The summed E-state index contributed by atoms with van der Waals surface area (Å²) in [5.41, 5.74) is 2.69. The Bertz CT molecular complexity index is 834. The van der Waals surface area contributed by atoms with Crippen LogP contribution in [0.4, 0.5) is 5.95 Å². The normalized spacial score (nSPS) is 24.0. The summed E-state index contributed by atoms with van der Waals surface area (Å²) in [7, 11) is 3.29. The number of anilines is 1. The molecule has 0 radical (unpaired) electrons. The Labute approximate surface area is 171 Å². The van der Waals surface area contributed by atoms with E-state index in [1.54, 1.807) is 26.5 Å². The van der Waals surface area contributed by atoms with E-state index in [0.29, 0.717) is 18.2 Å². The Morgan fingerprint density at radius 1 is 1.10 bits per heavy atom. The molecule has 7 heteroatoms. The van der Waals surface area contributed by atoms with E-state index in [4.69, 9.17) is 9.47 Å². The number of carbonyl (C=O) groups excluding carboxylic acids is 1. The number of carbonyl (C=O) groups is 1. The number of methoxy groups -OCH3 is 2. The first-order valence-electron chi connectivity index (χ1n) is 10.2. The van der Waals surface area contributed by atoms with E-state index >= 15 is 0 Å². The van der Waals surface area contributed by atoms with Crippen molar-refractivity contribution in [3.8, 4) is 5.88 Å². The van der Waals surface area contributed by atoms with Gasteiger partial charge in [-0.1, -0.05) is 24.3 Å². The van der Waals surface area contributed by atoms with E-state index in [2.05, 4.69) is 44.9 Å². The van der Waals surface area contributed by atoms with Crippen LogP contribution in [0.5, 0.6) is 5.88 Å². The summed E-state index contributed by atoms with van der Waals surface area (Å²) in [5, 5.41) is 6.61. The molecule has 2 aromatic rings. The molecule has 29 heavy (non-hydrogen) atoms. The highest BCUT2D eigenvalue weighted by Gasteiger charge is 2.35. The first-order valence-corrected chi connectivity index (χ1v) is 10.2. The molecular formula is C22H28N4O3. The highest BCUT2D eigenvalue weighted by Crippen LogP contribution is 2.29. The standard InChI is InChI=1S/C22H28N4O3/c1-28-19-8-7-16(13-18(19)25-22-23-10-9-20(26-22)29-2)21(27)24-17-11-14-5-3-4-6-15(14)12-17/h3-6,9-10,16-19H,7-8,11-13H2,1-2H3,(H,24,27)(H,23,25,26)/t16-,18+,19+/m0/s1. The highest BCUT2D eigenvalue weighted by atomic mass is 16.5. The van der Waals surface area contributed by atoms with Crippen molar-refractivity contribution in [1.29, 1.82) is 0 Å². The number of amides is 1. The van der Waals surface area contributed by atoms with Gasteiger partial charge in [0.05, 0.1) is 19.3 Å². The van der Waals surface area contributed by atoms with E-state index in [0.717, 1.165) is 25.7 Å². The van der Waals surface area contributed by atoms with Gasteiger partial charge in [-0.15, -0.1) is 0 Å². The summed E-state index contributed by atoms with van der Waals surface area (Å²) in [6, 6.07) is 10.3. The number of benzene rings is 1. The Morgan fingerprint density at radius 3 is 2.55 bits per heavy atom. The molecule has 4 rings (SSSR count). The number of rotatable bonds is 6. The van der Waals surface area contributed by atoms with Gasteiger partial charge in [0.2, 0.25) is 17.7 Å². The SMILES string of the molecule is COc1ccnc(N[C@@H]2C[C@@H](C(=O)NC3Cc4ccccc4C3)CC[C@H]2OC)n1. The van der Waals surface area contributed by atoms with Crippen LogP contribution in [0, 0.1) is 5.92 Å². The molecule has 0 saturated heterocycles. The van der Waals surface area contributed by atoms with Crippen molar-refractivity contribution in [2.24, 2.45) is 5.92 Å². The molecule has 0 unspecified atom stereocenters. The largest absolute Gasteiger partial charge is 0.481 e. The molecule has 1 fully saturated rings. The second-order valence-electron chi connectivity index (χ2n) is 7.84. The zero-order valence-electron chi connectivity index (χ0n) is 16.9. The van der Waals surface area contributed by atoms with Crippen molar-refractivity contribution in [2.45, 2.75) is 50.3 Å². The van der Waals surface area contributed by atoms with Crippen molar-refractivity contribution >= 4 is 11.9 Å². The third-order valence-electron chi connectivity index (χ3n) is 6.01. The third kappa shape index (κ3) is 4.50. The number of nitrogens with one attached hydrogen (secondary N) is 2. The zero-order chi connectivity index (χ0) is 20.2. The Morgan fingerprint density at radius 2 is 1.86 bits per heavy atom. The molecule has 0 aliphatic heterocycles. The van der Waals surface area contributed by atoms with Gasteiger partial charge in [-0.25, -0.2) is 4.98 Å². The Kier molecular flexibility index (Phi) is 5.94. The summed E-state index contributed by atoms with van der Waals surface area (Å²) in [6.45, 7) is 0. The fraction of sp³-hybridized carbons (Fsp3) is 0.500. The van der Waals surface area contributed by atoms with E-state index in [-0.39, 0.29) is 30.0 Å². The monoisotopic (exact) mass is 396 g/mol. The molecule has 1 heterocycles. The van der Waals surface area contributed by atoms with Crippen molar-refractivity contribution < 1.29 is 14.3 Å². The number of aromatic nitrogens is 2. The smallest absolute Gasteiger partial charge is 0.226 e. The number of nitrogens with zero attached hydrogens (tertiary/aromatic N) is 2. The molecule has 1 amide bonds. The van der Waals surface area contributed by atoms with Gasteiger partial charge >= 0.3 is 0 Å². The summed E-state index contributed by atoms with van der Waals surface area (Å²) >= 11 is 0. The minimum absolute atomic E-state index is 0.0181. The van der Waals surface area contributed by atoms with Crippen LogP contribution in [-0.4, -0.2) is 48.3 Å². The lowest BCUT2D eigenvalue weighted by molar-refractivity contribution is -0.127. The van der Waals surface area contributed by atoms with E-state index in [9.17, 15) is 4.79 Å². The fourth-order valence-corrected chi connectivity index (χ4v) is 4.49. The number of hydrogen-bond acceptors (Lipinski definition) is 6. The number of fused-ring (bicyclic) bond motifs is 1. The average molecular weight is 396 g/mol. The molecular weight excluding hydrogens is 368 g/mol. The molecule has 1 aromatic heterocycles. The van der Waals surface area contributed by atoms with Crippen LogP contribution in [0.15, 0.2) is 36.5 Å². The molecule has 2 aliphatic rings. The quantitative estimate of drug-likeness (QED) is 0.780. The summed E-state index contributed by atoms with van der Waals surface area (Å²) in [4.78, 5) is 21.6. The van der Waals surface area contributed by atoms with Gasteiger partial charge in [-0.05, 0) is 43.2 Å². The number of ether oxygens (including phenoxy) is 2. The van der Waals surface area contributed by atoms with Gasteiger partial charge in [-0.2, -0.15) is 4.98 Å². The predicted molar refractivity (Wildman–Crippen MR) is 110 cm³/mol. The lowest BCUT2D eigenvalue weighted by Gasteiger charge is -2.35. The van der Waals surface area contributed by atoms with Crippen LogP contribution in [0.1, 0.15) is 30.4 Å². The second-order valence-corrected chi connectivity index (χ2v) is 7.84. The molecule has 2 N–H and O–H groups in total. The van der Waals surface area contributed by atoms with Crippen molar-refractivity contribution in [2.75, 3.05) is 19.5 Å². The van der Waals surface area contributed by atoms with Crippen molar-refractivity contribution in [3.63, 3.8) is 0 Å². The minimum Gasteiger partial charge on any atom is -0.481 e. The molecule has 0 spiro atoms. The maximum atomic E-state index is 13.0. The molecule has 3 atom stereocenters. The first-order chi connectivity index (χ1) is 14.2. The van der Waals surface area contributed by atoms with Crippen LogP contribution >= 0.6 is 0 Å². The summed E-state index contributed by atoms with van der Waals surface area (Å²) in [5.74, 6) is 1.08. The third-order valence-corrected chi connectivity index (χ3v) is 6.01. The Balaban J connectivity index is 1.38. The molecule has 7 nitrogen and oxygen atoms in total. The van der Waals surface area contributed by atoms with Crippen LogP contribution in [0.3, 0.4) is 0 Å². The Hall–Kier alpha value is -2.67.